The van der Waals surface area contributed by atoms with E-state index in [9.17, 15) is 4.79 Å². The van der Waals surface area contributed by atoms with Crippen molar-refractivity contribution in [1.82, 2.24) is 4.90 Å². The molecule has 1 fully saturated rings. The van der Waals surface area contributed by atoms with Gasteiger partial charge in [-0.3, -0.25) is 4.79 Å². The van der Waals surface area contributed by atoms with Crippen LogP contribution in [0.1, 0.15) is 31.2 Å². The summed E-state index contributed by atoms with van der Waals surface area (Å²) >= 11 is 0. The van der Waals surface area contributed by atoms with Gasteiger partial charge in [-0.05, 0) is 37.4 Å². The van der Waals surface area contributed by atoms with Crippen molar-refractivity contribution < 1.29 is 9.53 Å². The smallest absolute Gasteiger partial charge is 0.225 e. The minimum Gasteiger partial charge on any atom is -0.384 e. The first-order valence-corrected chi connectivity index (χ1v) is 8.23. The fraction of sp³-hybridized carbons (Fsp3) is 0.556. The van der Waals surface area contributed by atoms with Gasteiger partial charge >= 0.3 is 0 Å². The lowest BCUT2D eigenvalue weighted by Gasteiger charge is -2.23. The van der Waals surface area contributed by atoms with Crippen LogP contribution in [0, 0.1) is 17.2 Å². The Balaban J connectivity index is 1.82. The summed E-state index contributed by atoms with van der Waals surface area (Å²) in [6.07, 6.45) is 4.05. The fourth-order valence-corrected chi connectivity index (χ4v) is 3.05. The van der Waals surface area contributed by atoms with E-state index in [1.54, 1.807) is 25.3 Å². The molecule has 0 saturated carbocycles. The minimum atomic E-state index is -0.0414. The summed E-state index contributed by atoms with van der Waals surface area (Å²) in [5.41, 5.74) is 1.09. The lowest BCUT2D eigenvalue weighted by Crippen LogP contribution is -2.33. The SMILES string of the molecule is COC[C@H]1CCCCN(CCC(=O)Nc2ccccc2C#N)C1. The first kappa shape index (κ1) is 17.5. The van der Waals surface area contributed by atoms with E-state index in [4.69, 9.17) is 10.00 Å². The molecular formula is C18H25N3O2. The molecule has 1 amide bonds. The maximum atomic E-state index is 12.1. The van der Waals surface area contributed by atoms with Gasteiger partial charge in [-0.2, -0.15) is 5.26 Å². The Bertz CT molecular complexity index is 553. The predicted octanol–water partition coefficient (Wildman–Crippen LogP) is 2.64. The monoisotopic (exact) mass is 315 g/mol. The highest BCUT2D eigenvalue weighted by Gasteiger charge is 2.18. The van der Waals surface area contributed by atoms with E-state index < -0.39 is 0 Å². The second-order valence-corrected chi connectivity index (χ2v) is 6.07. The van der Waals surface area contributed by atoms with Gasteiger partial charge in [-0.15, -0.1) is 0 Å². The molecule has 1 atom stereocenters. The van der Waals surface area contributed by atoms with Crippen LogP contribution in [0.3, 0.4) is 0 Å². The minimum absolute atomic E-state index is 0.0414. The van der Waals surface area contributed by atoms with Crippen molar-refractivity contribution in [3.63, 3.8) is 0 Å². The number of anilines is 1. The number of rotatable bonds is 6. The standard InChI is InChI=1S/C18H25N3O2/c1-23-14-15-6-4-5-10-21(13-15)11-9-18(22)20-17-8-3-2-7-16(17)12-19/h2-3,7-8,15H,4-6,9-11,13-14H2,1H3,(H,20,22)/t15-/m0/s1. The van der Waals surface area contributed by atoms with E-state index in [0.29, 0.717) is 23.6 Å². The summed E-state index contributed by atoms with van der Waals surface area (Å²) in [5, 5.41) is 11.9. The number of para-hydroxylation sites is 1. The Hall–Kier alpha value is -1.90. The van der Waals surface area contributed by atoms with Crippen LogP contribution in [0.15, 0.2) is 24.3 Å². The molecule has 0 spiro atoms. The number of hydrogen-bond donors (Lipinski definition) is 1. The molecule has 1 aliphatic rings. The van der Waals surface area contributed by atoms with Crippen LogP contribution in [0.4, 0.5) is 5.69 Å². The zero-order valence-corrected chi connectivity index (χ0v) is 13.8. The Morgan fingerprint density at radius 1 is 1.43 bits per heavy atom. The number of nitriles is 1. The number of methoxy groups -OCH3 is 1. The molecule has 0 aliphatic carbocycles. The maximum Gasteiger partial charge on any atom is 0.225 e. The van der Waals surface area contributed by atoms with Crippen LogP contribution in [0.25, 0.3) is 0 Å². The lowest BCUT2D eigenvalue weighted by molar-refractivity contribution is -0.116. The first-order valence-electron chi connectivity index (χ1n) is 8.23. The number of benzene rings is 1. The summed E-state index contributed by atoms with van der Waals surface area (Å²) in [6, 6.07) is 9.18. The summed E-state index contributed by atoms with van der Waals surface area (Å²) in [7, 11) is 1.75. The van der Waals surface area contributed by atoms with Crippen LogP contribution in [-0.4, -0.2) is 44.2 Å². The zero-order valence-electron chi connectivity index (χ0n) is 13.8. The Morgan fingerprint density at radius 2 is 2.26 bits per heavy atom. The first-order chi connectivity index (χ1) is 11.2. The van der Waals surface area contributed by atoms with Gasteiger partial charge in [0.2, 0.25) is 5.91 Å². The molecule has 5 nitrogen and oxygen atoms in total. The maximum absolute atomic E-state index is 12.1. The fourth-order valence-electron chi connectivity index (χ4n) is 3.05. The molecule has 0 unspecified atom stereocenters. The Kier molecular flexibility index (Phi) is 7.05. The summed E-state index contributed by atoms with van der Waals surface area (Å²) in [5.74, 6) is 0.519. The topological polar surface area (TPSA) is 65.4 Å². The van der Waals surface area contributed by atoms with E-state index >= 15 is 0 Å². The highest BCUT2D eigenvalue weighted by Crippen LogP contribution is 2.17. The van der Waals surface area contributed by atoms with Crippen molar-refractivity contribution in [2.75, 3.05) is 38.7 Å². The van der Waals surface area contributed by atoms with Crippen molar-refractivity contribution in [2.24, 2.45) is 5.92 Å². The molecule has 0 bridgehead atoms. The van der Waals surface area contributed by atoms with E-state index in [2.05, 4.69) is 16.3 Å². The average Bonchev–Trinajstić information content (AvgIpc) is 2.79. The number of hydrogen-bond acceptors (Lipinski definition) is 4. The number of carbonyl (C=O) groups excluding carboxylic acids is 1. The molecular weight excluding hydrogens is 290 g/mol. The predicted molar refractivity (Wildman–Crippen MR) is 90.1 cm³/mol. The van der Waals surface area contributed by atoms with Gasteiger partial charge in [0, 0.05) is 26.6 Å². The molecule has 1 aromatic rings. The van der Waals surface area contributed by atoms with Crippen LogP contribution >= 0.6 is 0 Å². The van der Waals surface area contributed by atoms with Gasteiger partial charge in [0.25, 0.3) is 0 Å². The quantitative estimate of drug-likeness (QED) is 0.876. The van der Waals surface area contributed by atoms with Gasteiger partial charge in [0.15, 0.2) is 0 Å². The van der Waals surface area contributed by atoms with Crippen LogP contribution in [0.5, 0.6) is 0 Å². The number of likely N-dealkylation sites (tertiary alicyclic amines) is 1. The average molecular weight is 315 g/mol. The third kappa shape index (κ3) is 5.66. The molecule has 0 radical (unpaired) electrons. The van der Waals surface area contributed by atoms with Crippen molar-refractivity contribution in [3.8, 4) is 6.07 Å². The third-order valence-electron chi connectivity index (χ3n) is 4.23. The summed E-state index contributed by atoms with van der Waals surface area (Å²) in [6.45, 7) is 3.58. The van der Waals surface area contributed by atoms with Crippen molar-refractivity contribution >= 4 is 11.6 Å². The largest absolute Gasteiger partial charge is 0.384 e. The lowest BCUT2D eigenvalue weighted by atomic mass is 10.0. The number of nitrogens with zero attached hydrogens (tertiary/aromatic N) is 2. The molecule has 23 heavy (non-hydrogen) atoms. The highest BCUT2D eigenvalue weighted by atomic mass is 16.5. The second-order valence-electron chi connectivity index (χ2n) is 6.07. The van der Waals surface area contributed by atoms with E-state index in [0.717, 1.165) is 26.2 Å². The van der Waals surface area contributed by atoms with E-state index in [1.165, 1.54) is 19.3 Å². The molecule has 1 heterocycles. The number of amides is 1. The van der Waals surface area contributed by atoms with E-state index in [1.807, 2.05) is 6.07 Å². The van der Waals surface area contributed by atoms with Crippen LogP contribution < -0.4 is 5.32 Å². The van der Waals surface area contributed by atoms with Crippen molar-refractivity contribution in [1.29, 1.82) is 5.26 Å². The molecule has 0 aromatic heterocycles. The normalized spacial score (nSPS) is 18.9. The third-order valence-corrected chi connectivity index (χ3v) is 4.23. The summed E-state index contributed by atoms with van der Waals surface area (Å²) in [4.78, 5) is 14.5. The molecule has 1 aromatic carbocycles. The molecule has 2 rings (SSSR count). The molecule has 5 heteroatoms. The second kappa shape index (κ2) is 9.29. The Labute approximate surface area is 138 Å². The number of carbonyl (C=O) groups is 1. The molecule has 1 N–H and O–H groups in total. The zero-order chi connectivity index (χ0) is 16.5. The van der Waals surface area contributed by atoms with Gasteiger partial charge in [-0.1, -0.05) is 18.6 Å². The molecule has 124 valence electrons. The van der Waals surface area contributed by atoms with E-state index in [-0.39, 0.29) is 5.91 Å². The van der Waals surface area contributed by atoms with Crippen LogP contribution in [-0.2, 0) is 9.53 Å². The highest BCUT2D eigenvalue weighted by molar-refractivity contribution is 5.92. The Morgan fingerprint density at radius 3 is 3.04 bits per heavy atom. The number of ether oxygens (including phenoxy) is 1. The summed E-state index contributed by atoms with van der Waals surface area (Å²) < 4.78 is 5.28. The molecule has 1 aliphatic heterocycles. The van der Waals surface area contributed by atoms with Crippen molar-refractivity contribution in [3.05, 3.63) is 29.8 Å². The molecule has 1 saturated heterocycles. The van der Waals surface area contributed by atoms with Gasteiger partial charge < -0.3 is 15.0 Å². The van der Waals surface area contributed by atoms with Gasteiger partial charge in [-0.25, -0.2) is 0 Å². The van der Waals surface area contributed by atoms with Gasteiger partial charge in [0.05, 0.1) is 17.9 Å². The number of nitrogens with one attached hydrogen (secondary N) is 1. The van der Waals surface area contributed by atoms with Crippen molar-refractivity contribution in [2.45, 2.75) is 25.7 Å². The van der Waals surface area contributed by atoms with Crippen LogP contribution in [0.2, 0.25) is 0 Å². The van der Waals surface area contributed by atoms with Gasteiger partial charge in [0.1, 0.15) is 6.07 Å².